The van der Waals surface area contributed by atoms with Crippen LogP contribution in [0.25, 0.3) is 0 Å². The molecule has 0 bridgehead atoms. The van der Waals surface area contributed by atoms with E-state index < -0.39 is 16.1 Å². The molecule has 7 heteroatoms. The van der Waals surface area contributed by atoms with E-state index in [9.17, 15) is 8.42 Å². The molecule has 4 N–H and O–H groups in total. The van der Waals surface area contributed by atoms with Crippen LogP contribution in [0.2, 0.25) is 5.02 Å². The Bertz CT molecular complexity index is 515. The lowest BCUT2D eigenvalue weighted by molar-refractivity contribution is 0.198. The van der Waals surface area contributed by atoms with Crippen molar-refractivity contribution in [3.05, 3.63) is 22.7 Å². The van der Waals surface area contributed by atoms with Crippen LogP contribution in [0.3, 0.4) is 0 Å². The van der Waals surface area contributed by atoms with Gasteiger partial charge in [-0.25, -0.2) is 13.1 Å². The fraction of sp³-hybridized carbons (Fsp3) is 0.400. The molecule has 0 heterocycles. The maximum absolute atomic E-state index is 11.9. The molecule has 1 aromatic rings. The van der Waals surface area contributed by atoms with Crippen molar-refractivity contribution < 1.29 is 13.5 Å². The topological polar surface area (TPSA) is 92.4 Å². The number of aryl methyl sites for hydroxylation is 1. The Kier molecular flexibility index (Phi) is 4.37. The third-order valence-corrected chi connectivity index (χ3v) is 4.07. The third-order valence-electron chi connectivity index (χ3n) is 2.18. The highest BCUT2D eigenvalue weighted by Gasteiger charge is 2.19. The quantitative estimate of drug-likeness (QED) is 0.713. The first-order chi connectivity index (χ1) is 7.74. The van der Waals surface area contributed by atoms with Crippen molar-refractivity contribution in [3.8, 4) is 0 Å². The van der Waals surface area contributed by atoms with Crippen LogP contribution in [0.1, 0.15) is 12.5 Å². The minimum Gasteiger partial charge on any atom is -0.398 e. The maximum atomic E-state index is 11.9. The zero-order valence-electron chi connectivity index (χ0n) is 9.57. The van der Waals surface area contributed by atoms with Crippen LogP contribution >= 0.6 is 11.6 Å². The molecule has 0 fully saturated rings. The Morgan fingerprint density at radius 3 is 2.65 bits per heavy atom. The van der Waals surface area contributed by atoms with Gasteiger partial charge in [-0.3, -0.25) is 0 Å². The van der Waals surface area contributed by atoms with E-state index in [0.717, 1.165) is 0 Å². The molecule has 17 heavy (non-hydrogen) atoms. The average molecular weight is 279 g/mol. The van der Waals surface area contributed by atoms with Gasteiger partial charge in [-0.15, -0.1) is 0 Å². The zero-order chi connectivity index (χ0) is 13.2. The molecular formula is C10H15ClN2O3S. The number of hydrogen-bond donors (Lipinski definition) is 3. The van der Waals surface area contributed by atoms with Gasteiger partial charge in [0.2, 0.25) is 10.0 Å². The fourth-order valence-electron chi connectivity index (χ4n) is 1.18. The van der Waals surface area contributed by atoms with E-state index in [1.54, 1.807) is 6.92 Å². The summed E-state index contributed by atoms with van der Waals surface area (Å²) in [6, 6.07) is 2.80. The third kappa shape index (κ3) is 3.57. The minimum atomic E-state index is -3.75. The standard InChI is InChI=1S/C10H15ClN2O3S/c1-6-3-8(11)10(4-9(6)12)17(15,16)13-5-7(2)14/h3-4,7,13-14H,5,12H2,1-2H3/t7-/m1/s1. The smallest absolute Gasteiger partial charge is 0.242 e. The number of anilines is 1. The molecule has 0 saturated carbocycles. The SMILES string of the molecule is Cc1cc(Cl)c(S(=O)(=O)NC[C@@H](C)O)cc1N. The molecule has 0 radical (unpaired) electrons. The van der Waals surface area contributed by atoms with Crippen molar-refractivity contribution in [2.75, 3.05) is 12.3 Å². The summed E-state index contributed by atoms with van der Waals surface area (Å²) in [5, 5.41) is 9.15. The summed E-state index contributed by atoms with van der Waals surface area (Å²) in [7, 11) is -3.75. The van der Waals surface area contributed by atoms with Crippen molar-refractivity contribution in [1.29, 1.82) is 0 Å². The fourth-order valence-corrected chi connectivity index (χ4v) is 2.92. The summed E-state index contributed by atoms with van der Waals surface area (Å²) in [5.74, 6) is 0. The number of hydrogen-bond acceptors (Lipinski definition) is 4. The second kappa shape index (κ2) is 5.22. The van der Waals surface area contributed by atoms with Crippen LogP contribution in [0.15, 0.2) is 17.0 Å². The van der Waals surface area contributed by atoms with E-state index in [1.807, 2.05) is 0 Å². The number of nitrogens with one attached hydrogen (secondary N) is 1. The molecule has 0 spiro atoms. The van der Waals surface area contributed by atoms with Crippen molar-refractivity contribution in [2.45, 2.75) is 24.8 Å². The first kappa shape index (κ1) is 14.2. The van der Waals surface area contributed by atoms with E-state index in [2.05, 4.69) is 4.72 Å². The van der Waals surface area contributed by atoms with E-state index in [1.165, 1.54) is 19.1 Å². The van der Waals surface area contributed by atoms with E-state index >= 15 is 0 Å². The van der Waals surface area contributed by atoms with Crippen molar-refractivity contribution in [3.63, 3.8) is 0 Å². The number of benzene rings is 1. The number of nitrogens with two attached hydrogens (primary N) is 1. The Labute approximate surface area is 106 Å². The first-order valence-electron chi connectivity index (χ1n) is 4.97. The van der Waals surface area contributed by atoms with Gasteiger partial charge >= 0.3 is 0 Å². The molecule has 1 rings (SSSR count). The van der Waals surface area contributed by atoms with Crippen LogP contribution in [0.4, 0.5) is 5.69 Å². The first-order valence-corrected chi connectivity index (χ1v) is 6.83. The molecule has 0 aliphatic carbocycles. The molecule has 0 aromatic heterocycles. The summed E-state index contributed by atoms with van der Waals surface area (Å²) in [5.41, 5.74) is 6.71. The lowest BCUT2D eigenvalue weighted by Crippen LogP contribution is -2.30. The highest BCUT2D eigenvalue weighted by Crippen LogP contribution is 2.26. The summed E-state index contributed by atoms with van der Waals surface area (Å²) in [6.45, 7) is 3.14. The zero-order valence-corrected chi connectivity index (χ0v) is 11.1. The van der Waals surface area contributed by atoms with E-state index in [-0.39, 0.29) is 16.5 Å². The number of sulfonamides is 1. The predicted octanol–water partition coefficient (Wildman–Crippen LogP) is 0.890. The molecular weight excluding hydrogens is 264 g/mol. The number of rotatable bonds is 4. The summed E-state index contributed by atoms with van der Waals surface area (Å²) in [6.07, 6.45) is -0.772. The van der Waals surface area contributed by atoms with Crippen molar-refractivity contribution in [1.82, 2.24) is 4.72 Å². The van der Waals surface area contributed by atoms with Crippen LogP contribution in [0.5, 0.6) is 0 Å². The Morgan fingerprint density at radius 2 is 2.12 bits per heavy atom. The largest absolute Gasteiger partial charge is 0.398 e. The van der Waals surface area contributed by atoms with Gasteiger partial charge in [-0.05, 0) is 31.5 Å². The summed E-state index contributed by atoms with van der Waals surface area (Å²) < 4.78 is 26.0. The van der Waals surface area contributed by atoms with Gasteiger partial charge in [-0.1, -0.05) is 11.6 Å². The van der Waals surface area contributed by atoms with Crippen LogP contribution in [-0.4, -0.2) is 26.2 Å². The second-order valence-electron chi connectivity index (χ2n) is 3.84. The predicted molar refractivity (Wildman–Crippen MR) is 67.5 cm³/mol. The molecule has 0 unspecified atom stereocenters. The highest BCUT2D eigenvalue weighted by atomic mass is 35.5. The number of aliphatic hydroxyl groups excluding tert-OH is 1. The van der Waals surface area contributed by atoms with Gasteiger partial charge < -0.3 is 10.8 Å². The molecule has 5 nitrogen and oxygen atoms in total. The number of aliphatic hydroxyl groups is 1. The lowest BCUT2D eigenvalue weighted by Gasteiger charge is -2.11. The molecule has 0 aliphatic rings. The van der Waals surface area contributed by atoms with Gasteiger partial charge in [0.15, 0.2) is 0 Å². The van der Waals surface area contributed by atoms with Gasteiger partial charge in [0.1, 0.15) is 4.90 Å². The molecule has 1 atom stereocenters. The van der Waals surface area contributed by atoms with Crippen LogP contribution in [-0.2, 0) is 10.0 Å². The average Bonchev–Trinajstić information content (AvgIpc) is 2.20. The summed E-state index contributed by atoms with van der Waals surface area (Å²) in [4.78, 5) is -0.0806. The molecule has 0 aliphatic heterocycles. The van der Waals surface area contributed by atoms with Crippen molar-refractivity contribution >= 4 is 27.3 Å². The van der Waals surface area contributed by atoms with Gasteiger partial charge in [0, 0.05) is 12.2 Å². The normalized spacial score (nSPS) is 13.6. The van der Waals surface area contributed by atoms with Crippen LogP contribution < -0.4 is 10.5 Å². The maximum Gasteiger partial charge on any atom is 0.242 e. The second-order valence-corrected chi connectivity index (χ2v) is 5.98. The summed E-state index contributed by atoms with van der Waals surface area (Å²) >= 11 is 5.86. The molecule has 0 amide bonds. The van der Waals surface area contributed by atoms with Gasteiger partial charge in [0.25, 0.3) is 0 Å². The number of nitrogen functional groups attached to an aromatic ring is 1. The van der Waals surface area contributed by atoms with Crippen molar-refractivity contribution in [2.24, 2.45) is 0 Å². The Morgan fingerprint density at radius 1 is 1.53 bits per heavy atom. The number of halogens is 1. The van der Waals surface area contributed by atoms with Crippen LogP contribution in [0, 0.1) is 6.92 Å². The molecule has 96 valence electrons. The minimum absolute atomic E-state index is 0.0769. The highest BCUT2D eigenvalue weighted by molar-refractivity contribution is 7.89. The van der Waals surface area contributed by atoms with Gasteiger partial charge in [-0.2, -0.15) is 0 Å². The van der Waals surface area contributed by atoms with Gasteiger partial charge in [0.05, 0.1) is 11.1 Å². The Hall–Kier alpha value is -0.820. The molecule has 1 aromatic carbocycles. The Balaban J connectivity index is 3.11. The van der Waals surface area contributed by atoms with E-state index in [4.69, 9.17) is 22.4 Å². The monoisotopic (exact) mass is 278 g/mol. The van der Waals surface area contributed by atoms with E-state index in [0.29, 0.717) is 11.3 Å². The lowest BCUT2D eigenvalue weighted by atomic mass is 10.2. The molecule has 0 saturated heterocycles.